The van der Waals surface area contributed by atoms with Gasteiger partial charge in [-0.2, -0.15) is 8.42 Å². The highest BCUT2D eigenvalue weighted by molar-refractivity contribution is 7.86. The van der Waals surface area contributed by atoms with Gasteiger partial charge in [-0.15, -0.1) is 3.89 Å². The lowest BCUT2D eigenvalue weighted by molar-refractivity contribution is -0.141. The molecule has 1 aliphatic rings. The Bertz CT molecular complexity index is 271. The summed E-state index contributed by atoms with van der Waals surface area (Å²) in [5, 5.41) is 0. The van der Waals surface area contributed by atoms with Gasteiger partial charge in [-0.05, 0) is 12.8 Å². The highest BCUT2D eigenvalue weighted by atomic mass is 32.3. The number of rotatable bonds is 3. The Kier molecular flexibility index (Phi) is 2.66. The highest BCUT2D eigenvalue weighted by Crippen LogP contribution is 2.18. The Labute approximate surface area is 69.9 Å². The zero-order chi connectivity index (χ0) is 9.19. The van der Waals surface area contributed by atoms with Crippen molar-refractivity contribution in [2.24, 2.45) is 5.92 Å². The molecule has 0 N–H and O–H groups in total. The van der Waals surface area contributed by atoms with E-state index in [2.05, 4.69) is 4.74 Å². The van der Waals surface area contributed by atoms with Crippen molar-refractivity contribution < 1.29 is 21.8 Å². The van der Waals surface area contributed by atoms with E-state index in [4.69, 9.17) is 0 Å². The van der Waals surface area contributed by atoms with E-state index in [1.807, 2.05) is 0 Å². The molecule has 1 aliphatic heterocycles. The van der Waals surface area contributed by atoms with Crippen LogP contribution in [0.4, 0.5) is 3.89 Å². The molecule has 0 saturated carbocycles. The first-order valence-electron chi connectivity index (χ1n) is 3.58. The topological polar surface area (TPSA) is 60.4 Å². The Morgan fingerprint density at radius 1 is 1.58 bits per heavy atom. The molecule has 0 spiro atoms. The molecule has 0 aliphatic carbocycles. The number of carbonyl (C=O) groups excluding carboxylic acids is 1. The molecule has 0 aromatic rings. The van der Waals surface area contributed by atoms with Crippen molar-refractivity contribution in [3.05, 3.63) is 0 Å². The fourth-order valence-corrected chi connectivity index (χ4v) is 1.65. The lowest BCUT2D eigenvalue weighted by atomic mass is 10.1. The highest BCUT2D eigenvalue weighted by Gasteiger charge is 2.27. The molecule has 1 atom stereocenters. The third-order valence-corrected chi connectivity index (χ3v) is 2.48. The number of esters is 1. The van der Waals surface area contributed by atoms with E-state index >= 15 is 0 Å². The Balaban J connectivity index is 2.37. The van der Waals surface area contributed by atoms with E-state index in [-0.39, 0.29) is 6.42 Å². The van der Waals surface area contributed by atoms with Crippen LogP contribution in [0.2, 0.25) is 0 Å². The minimum atomic E-state index is -4.44. The van der Waals surface area contributed by atoms with Crippen molar-refractivity contribution in [1.82, 2.24) is 0 Å². The van der Waals surface area contributed by atoms with Crippen molar-refractivity contribution in [3.8, 4) is 0 Å². The maximum atomic E-state index is 12.0. The number of halogens is 1. The van der Waals surface area contributed by atoms with Crippen LogP contribution in [-0.4, -0.2) is 26.7 Å². The van der Waals surface area contributed by atoms with Gasteiger partial charge in [-0.25, -0.2) is 0 Å². The second-order valence-electron chi connectivity index (χ2n) is 2.68. The zero-order valence-electron chi connectivity index (χ0n) is 6.32. The molecule has 0 aromatic carbocycles. The molecule has 12 heavy (non-hydrogen) atoms. The first-order valence-corrected chi connectivity index (χ1v) is 5.13. The lowest BCUT2D eigenvalue weighted by Crippen LogP contribution is -2.12. The van der Waals surface area contributed by atoms with Gasteiger partial charge >= 0.3 is 16.2 Å². The zero-order valence-corrected chi connectivity index (χ0v) is 7.14. The van der Waals surface area contributed by atoms with Gasteiger partial charge in [-0.1, -0.05) is 0 Å². The minimum absolute atomic E-state index is 0.0255. The van der Waals surface area contributed by atoms with Crippen molar-refractivity contribution in [3.63, 3.8) is 0 Å². The van der Waals surface area contributed by atoms with Gasteiger partial charge in [0.2, 0.25) is 0 Å². The van der Waals surface area contributed by atoms with Crippen LogP contribution in [0.15, 0.2) is 0 Å². The molecule has 1 fully saturated rings. The van der Waals surface area contributed by atoms with E-state index in [1.165, 1.54) is 0 Å². The molecule has 0 amide bonds. The summed E-state index contributed by atoms with van der Waals surface area (Å²) < 4.78 is 36.7. The summed E-state index contributed by atoms with van der Waals surface area (Å²) in [6.45, 7) is 0.315. The third-order valence-electron chi connectivity index (χ3n) is 1.75. The molecule has 1 saturated heterocycles. The second-order valence-corrected chi connectivity index (χ2v) is 4.17. The van der Waals surface area contributed by atoms with Gasteiger partial charge in [-0.3, -0.25) is 4.79 Å². The average Bonchev–Trinajstić information content (AvgIpc) is 2.29. The summed E-state index contributed by atoms with van der Waals surface area (Å²) in [6, 6.07) is 0. The van der Waals surface area contributed by atoms with E-state index in [1.54, 1.807) is 0 Å². The van der Waals surface area contributed by atoms with Crippen LogP contribution in [0.5, 0.6) is 0 Å². The van der Waals surface area contributed by atoms with E-state index in [0.717, 1.165) is 0 Å². The molecule has 0 aromatic heterocycles. The molecule has 1 rings (SSSR count). The quantitative estimate of drug-likeness (QED) is 0.479. The average molecular weight is 196 g/mol. The summed E-state index contributed by atoms with van der Waals surface area (Å²) in [6.07, 6.45) is 0.520. The van der Waals surface area contributed by atoms with Crippen LogP contribution in [0.3, 0.4) is 0 Å². The monoisotopic (exact) mass is 196 g/mol. The smallest absolute Gasteiger partial charge is 0.309 e. The van der Waals surface area contributed by atoms with Gasteiger partial charge in [0.05, 0.1) is 18.3 Å². The molecule has 4 nitrogen and oxygen atoms in total. The summed E-state index contributed by atoms with van der Waals surface area (Å²) in [5.41, 5.74) is 0. The van der Waals surface area contributed by atoms with Crippen molar-refractivity contribution in [2.45, 2.75) is 12.8 Å². The van der Waals surface area contributed by atoms with Crippen LogP contribution in [0, 0.1) is 5.92 Å². The number of cyclic esters (lactones) is 1. The van der Waals surface area contributed by atoms with Gasteiger partial charge < -0.3 is 4.74 Å². The largest absolute Gasteiger partial charge is 0.465 e. The third kappa shape index (κ3) is 2.77. The maximum Gasteiger partial charge on any atom is 0.309 e. The second kappa shape index (κ2) is 3.38. The molecule has 1 unspecified atom stereocenters. The normalized spacial score (nSPS) is 24.1. The van der Waals surface area contributed by atoms with Gasteiger partial charge in [0.25, 0.3) is 0 Å². The fraction of sp³-hybridized carbons (Fsp3) is 0.833. The molecule has 6 heteroatoms. The number of carbonyl (C=O) groups is 1. The Morgan fingerprint density at radius 3 is 2.67 bits per heavy atom. The van der Waals surface area contributed by atoms with Crippen molar-refractivity contribution in [1.29, 1.82) is 0 Å². The molecular weight excluding hydrogens is 187 g/mol. The molecule has 1 heterocycles. The van der Waals surface area contributed by atoms with Crippen LogP contribution < -0.4 is 0 Å². The summed E-state index contributed by atoms with van der Waals surface area (Å²) in [5.74, 6) is -1.44. The van der Waals surface area contributed by atoms with E-state index in [0.29, 0.717) is 13.0 Å². The Hall–Kier alpha value is -0.650. The first kappa shape index (κ1) is 9.44. The summed E-state index contributed by atoms with van der Waals surface area (Å²) in [7, 11) is -4.44. The summed E-state index contributed by atoms with van der Waals surface area (Å²) >= 11 is 0. The van der Waals surface area contributed by atoms with Crippen molar-refractivity contribution in [2.75, 3.05) is 12.4 Å². The first-order chi connectivity index (χ1) is 5.49. The van der Waals surface area contributed by atoms with Crippen LogP contribution in [0.25, 0.3) is 0 Å². The number of hydrogen-bond acceptors (Lipinski definition) is 4. The number of ether oxygens (including phenoxy) is 1. The van der Waals surface area contributed by atoms with Crippen LogP contribution in [-0.2, 0) is 19.8 Å². The predicted molar refractivity (Wildman–Crippen MR) is 38.6 cm³/mol. The fourth-order valence-electron chi connectivity index (χ4n) is 1.08. The summed E-state index contributed by atoms with van der Waals surface area (Å²) in [4.78, 5) is 10.8. The minimum Gasteiger partial charge on any atom is -0.465 e. The standard InChI is InChI=1S/C6H9FO4S/c7-12(9,10)4-2-5-1-3-11-6(5)8/h5H,1-4H2. The number of hydrogen-bond donors (Lipinski definition) is 0. The maximum absolute atomic E-state index is 12.0. The predicted octanol–water partition coefficient (Wildman–Crippen LogP) is 0.239. The lowest BCUT2D eigenvalue weighted by Gasteiger charge is -2.00. The van der Waals surface area contributed by atoms with Crippen LogP contribution >= 0.6 is 0 Å². The van der Waals surface area contributed by atoms with Crippen LogP contribution in [0.1, 0.15) is 12.8 Å². The molecule has 0 radical (unpaired) electrons. The van der Waals surface area contributed by atoms with Gasteiger partial charge in [0.1, 0.15) is 0 Å². The van der Waals surface area contributed by atoms with Gasteiger partial charge in [0.15, 0.2) is 0 Å². The van der Waals surface area contributed by atoms with Gasteiger partial charge in [0, 0.05) is 0 Å². The molecule has 70 valence electrons. The SMILES string of the molecule is O=C1OCCC1CCS(=O)(=O)F. The van der Waals surface area contributed by atoms with E-state index < -0.39 is 27.9 Å². The van der Waals surface area contributed by atoms with E-state index in [9.17, 15) is 17.1 Å². The molecule has 0 bridgehead atoms. The van der Waals surface area contributed by atoms with Crippen molar-refractivity contribution >= 4 is 16.2 Å². The molecular formula is C6H9FO4S. The Morgan fingerprint density at radius 2 is 2.25 bits per heavy atom.